The SMILES string of the molecule is CCC(CN(C(=O)c1ccc2c(c1)nc(CNc1ccc(C(N)=O)cc1)n2C)c1ccccn1)C(=O)O. The topological polar surface area (TPSA) is 143 Å². The van der Waals surface area contributed by atoms with Gasteiger partial charge in [-0.3, -0.25) is 19.3 Å². The number of hydrogen-bond donors (Lipinski definition) is 3. The lowest BCUT2D eigenvalue weighted by Gasteiger charge is -2.24. The minimum atomic E-state index is -0.960. The average Bonchev–Trinajstić information content (AvgIpc) is 3.22. The molecule has 1 atom stereocenters. The maximum atomic E-state index is 13.6. The molecule has 0 aliphatic rings. The van der Waals surface area contributed by atoms with E-state index < -0.39 is 17.8 Å². The Hall–Kier alpha value is -4.73. The summed E-state index contributed by atoms with van der Waals surface area (Å²) in [6.07, 6.45) is 1.95. The summed E-state index contributed by atoms with van der Waals surface area (Å²) in [5.74, 6) is -1.38. The molecule has 0 spiro atoms. The molecule has 37 heavy (non-hydrogen) atoms. The Labute approximate surface area is 213 Å². The van der Waals surface area contributed by atoms with Gasteiger partial charge in [-0.25, -0.2) is 9.97 Å². The maximum Gasteiger partial charge on any atom is 0.308 e. The molecule has 190 valence electrons. The number of rotatable bonds is 10. The smallest absolute Gasteiger partial charge is 0.308 e. The molecule has 4 aromatic rings. The fourth-order valence-corrected chi connectivity index (χ4v) is 4.03. The van der Waals surface area contributed by atoms with Gasteiger partial charge < -0.3 is 20.7 Å². The van der Waals surface area contributed by atoms with E-state index in [0.29, 0.717) is 35.4 Å². The van der Waals surface area contributed by atoms with E-state index in [1.54, 1.807) is 67.7 Å². The summed E-state index contributed by atoms with van der Waals surface area (Å²) in [6.45, 7) is 2.20. The van der Waals surface area contributed by atoms with Crippen LogP contribution in [0.1, 0.15) is 39.9 Å². The number of carboxylic acids is 1. The number of carbonyl (C=O) groups is 3. The largest absolute Gasteiger partial charge is 0.481 e. The van der Waals surface area contributed by atoms with E-state index in [9.17, 15) is 19.5 Å². The number of carbonyl (C=O) groups excluding carboxylic acids is 2. The number of imidazole rings is 1. The third kappa shape index (κ3) is 5.58. The van der Waals surface area contributed by atoms with Crippen LogP contribution in [0.15, 0.2) is 66.9 Å². The Balaban J connectivity index is 1.58. The third-order valence-corrected chi connectivity index (χ3v) is 6.26. The van der Waals surface area contributed by atoms with E-state index in [0.717, 1.165) is 17.0 Å². The first-order chi connectivity index (χ1) is 17.8. The zero-order chi connectivity index (χ0) is 26.5. The fourth-order valence-electron chi connectivity index (χ4n) is 4.03. The normalized spacial score (nSPS) is 11.7. The number of aryl methyl sites for hydroxylation is 1. The Morgan fingerprint density at radius 1 is 1.08 bits per heavy atom. The molecule has 0 bridgehead atoms. The summed E-state index contributed by atoms with van der Waals surface area (Å²) < 4.78 is 1.93. The number of carboxylic acid groups (broad SMARTS) is 1. The number of nitrogens with two attached hydrogens (primary N) is 1. The molecular formula is C27H28N6O4. The number of nitrogens with zero attached hydrogens (tertiary/aromatic N) is 4. The van der Waals surface area contributed by atoms with Gasteiger partial charge in [0.15, 0.2) is 0 Å². The number of pyridine rings is 1. The van der Waals surface area contributed by atoms with Crippen LogP contribution in [0.3, 0.4) is 0 Å². The zero-order valence-corrected chi connectivity index (χ0v) is 20.6. The molecule has 0 fully saturated rings. The van der Waals surface area contributed by atoms with Gasteiger partial charge in [-0.15, -0.1) is 0 Å². The lowest BCUT2D eigenvalue weighted by molar-refractivity contribution is -0.141. The number of anilines is 2. The van der Waals surface area contributed by atoms with Gasteiger partial charge in [-0.1, -0.05) is 13.0 Å². The van der Waals surface area contributed by atoms with Crippen LogP contribution in [0.4, 0.5) is 11.5 Å². The molecule has 2 aromatic carbocycles. The average molecular weight is 501 g/mol. The molecule has 0 aliphatic carbocycles. The van der Waals surface area contributed by atoms with Crippen LogP contribution in [0, 0.1) is 5.92 Å². The van der Waals surface area contributed by atoms with Gasteiger partial charge in [0.25, 0.3) is 5.91 Å². The molecular weight excluding hydrogens is 472 g/mol. The number of aromatic nitrogens is 3. The number of hydrogen-bond acceptors (Lipinski definition) is 6. The van der Waals surface area contributed by atoms with Crippen molar-refractivity contribution in [1.82, 2.24) is 14.5 Å². The molecule has 10 nitrogen and oxygen atoms in total. The van der Waals surface area contributed by atoms with Crippen molar-refractivity contribution in [2.45, 2.75) is 19.9 Å². The summed E-state index contributed by atoms with van der Waals surface area (Å²) in [4.78, 5) is 46.9. The van der Waals surface area contributed by atoms with Crippen LogP contribution in [-0.2, 0) is 18.4 Å². The molecule has 0 radical (unpaired) electrons. The molecule has 1 unspecified atom stereocenters. The van der Waals surface area contributed by atoms with Crippen LogP contribution in [-0.4, -0.2) is 44.0 Å². The van der Waals surface area contributed by atoms with Gasteiger partial charge in [0.05, 0.1) is 23.5 Å². The summed E-state index contributed by atoms with van der Waals surface area (Å²) in [5, 5.41) is 12.8. The van der Waals surface area contributed by atoms with Gasteiger partial charge >= 0.3 is 5.97 Å². The quantitative estimate of drug-likeness (QED) is 0.303. The second kappa shape index (κ2) is 10.9. The summed E-state index contributed by atoms with van der Waals surface area (Å²) >= 11 is 0. The summed E-state index contributed by atoms with van der Waals surface area (Å²) in [6, 6.07) is 17.3. The van der Waals surface area contributed by atoms with Gasteiger partial charge in [-0.2, -0.15) is 0 Å². The summed E-state index contributed by atoms with van der Waals surface area (Å²) in [7, 11) is 1.89. The van der Waals surface area contributed by atoms with Gasteiger partial charge in [0.1, 0.15) is 11.6 Å². The zero-order valence-electron chi connectivity index (χ0n) is 20.6. The van der Waals surface area contributed by atoms with E-state index in [2.05, 4.69) is 10.3 Å². The minimum absolute atomic E-state index is 0.00560. The first-order valence-electron chi connectivity index (χ1n) is 11.8. The minimum Gasteiger partial charge on any atom is -0.481 e. The van der Waals surface area contributed by atoms with Crippen LogP contribution in [0.5, 0.6) is 0 Å². The van der Waals surface area contributed by atoms with Gasteiger partial charge in [-0.05, 0) is 61.0 Å². The molecule has 2 amide bonds. The lowest BCUT2D eigenvalue weighted by atomic mass is 10.1. The molecule has 0 aliphatic heterocycles. The Bertz CT molecular complexity index is 1430. The Kier molecular flexibility index (Phi) is 7.47. The fraction of sp³-hybridized carbons (Fsp3) is 0.222. The standard InChI is InChI=1S/C27H28N6O4/c1-3-17(27(36)37)16-33(23-6-4-5-13-29-23)26(35)19-9-12-22-21(14-19)31-24(32(22)2)15-30-20-10-7-18(8-11-20)25(28)34/h4-14,17,30H,3,15-16H2,1-2H3,(H2,28,34)(H,36,37). The van der Waals surface area contributed by atoms with Crippen LogP contribution < -0.4 is 16.0 Å². The van der Waals surface area contributed by atoms with Crippen molar-refractivity contribution in [1.29, 1.82) is 0 Å². The van der Waals surface area contributed by atoms with Gasteiger partial charge in [0, 0.05) is 36.6 Å². The molecule has 0 saturated carbocycles. The third-order valence-electron chi connectivity index (χ3n) is 6.26. The highest BCUT2D eigenvalue weighted by atomic mass is 16.4. The first-order valence-corrected chi connectivity index (χ1v) is 11.8. The van der Waals surface area contributed by atoms with Crippen molar-refractivity contribution in [3.05, 3.63) is 83.8 Å². The Morgan fingerprint density at radius 2 is 1.81 bits per heavy atom. The van der Waals surface area contributed by atoms with Crippen molar-refractivity contribution in [3.8, 4) is 0 Å². The molecule has 2 aromatic heterocycles. The monoisotopic (exact) mass is 500 g/mol. The highest BCUT2D eigenvalue weighted by Gasteiger charge is 2.26. The number of amides is 2. The second-order valence-electron chi connectivity index (χ2n) is 8.63. The van der Waals surface area contributed by atoms with E-state index >= 15 is 0 Å². The number of nitrogens with one attached hydrogen (secondary N) is 1. The van der Waals surface area contributed by atoms with Crippen LogP contribution in [0.2, 0.25) is 0 Å². The van der Waals surface area contributed by atoms with Crippen molar-refractivity contribution < 1.29 is 19.5 Å². The van der Waals surface area contributed by atoms with Gasteiger partial charge in [0.2, 0.25) is 5.91 Å². The first kappa shape index (κ1) is 25.4. The van der Waals surface area contributed by atoms with Crippen molar-refractivity contribution in [2.24, 2.45) is 18.7 Å². The Morgan fingerprint density at radius 3 is 2.43 bits per heavy atom. The lowest BCUT2D eigenvalue weighted by Crippen LogP contribution is -2.38. The number of benzene rings is 2. The maximum absolute atomic E-state index is 13.6. The van der Waals surface area contributed by atoms with E-state index in [-0.39, 0.29) is 12.5 Å². The number of primary amides is 1. The highest BCUT2D eigenvalue weighted by Crippen LogP contribution is 2.22. The second-order valence-corrected chi connectivity index (χ2v) is 8.63. The van der Waals surface area contributed by atoms with Crippen LogP contribution in [0.25, 0.3) is 11.0 Å². The number of aliphatic carboxylic acids is 1. The van der Waals surface area contributed by atoms with Crippen molar-refractivity contribution in [3.63, 3.8) is 0 Å². The number of fused-ring (bicyclic) bond motifs is 1. The summed E-state index contributed by atoms with van der Waals surface area (Å²) in [5.41, 5.74) is 8.40. The molecule has 10 heteroatoms. The molecule has 2 heterocycles. The van der Waals surface area contributed by atoms with E-state index in [1.165, 1.54) is 4.90 Å². The predicted octanol–water partition coefficient (Wildman–Crippen LogP) is 3.44. The van der Waals surface area contributed by atoms with E-state index in [4.69, 9.17) is 10.7 Å². The highest BCUT2D eigenvalue weighted by molar-refractivity contribution is 6.07. The predicted molar refractivity (Wildman–Crippen MR) is 140 cm³/mol. The van der Waals surface area contributed by atoms with Crippen molar-refractivity contribution >= 4 is 40.3 Å². The van der Waals surface area contributed by atoms with E-state index in [1.807, 2.05) is 17.7 Å². The molecule has 0 saturated heterocycles. The van der Waals surface area contributed by atoms with Crippen molar-refractivity contribution in [2.75, 3.05) is 16.8 Å². The molecule has 4 N–H and O–H groups in total. The van der Waals surface area contributed by atoms with Crippen LogP contribution >= 0.6 is 0 Å². The molecule has 4 rings (SSSR count).